The topological polar surface area (TPSA) is 33.8 Å². The fourth-order valence-electron chi connectivity index (χ4n) is 0.888. The zero-order valence-electron chi connectivity index (χ0n) is 6.69. The van der Waals surface area contributed by atoms with Gasteiger partial charge >= 0.3 is 0 Å². The quantitative estimate of drug-likeness (QED) is 0.541. The largest absolute Gasteiger partial charge is 0.371 e. The van der Waals surface area contributed by atoms with Gasteiger partial charge < -0.3 is 4.74 Å². The molecule has 1 aromatic rings. The Morgan fingerprint density at radius 3 is 2.83 bits per heavy atom. The Morgan fingerprint density at radius 2 is 2.17 bits per heavy atom. The molecule has 1 fully saturated rings. The van der Waals surface area contributed by atoms with E-state index in [1.54, 1.807) is 0 Å². The highest BCUT2D eigenvalue weighted by Gasteiger charge is 2.22. The normalized spacial score (nSPS) is 20.5. The summed E-state index contributed by atoms with van der Waals surface area (Å²) in [5.74, 6) is 0. The van der Waals surface area contributed by atoms with Crippen LogP contribution in [0.3, 0.4) is 0 Å². The summed E-state index contributed by atoms with van der Waals surface area (Å²) in [6.45, 7) is 1.45. The van der Waals surface area contributed by atoms with E-state index in [0.29, 0.717) is 12.7 Å². The molecule has 1 aliphatic rings. The predicted octanol–water partition coefficient (Wildman–Crippen LogP) is 1.43. The maximum absolute atomic E-state index is 5.17. The van der Waals surface area contributed by atoms with Crippen molar-refractivity contribution in [1.82, 2.24) is 0 Å². The van der Waals surface area contributed by atoms with E-state index in [1.165, 1.54) is 0 Å². The SMILES string of the molecule is c1ccc(NOCC2CO2)cc1. The lowest BCUT2D eigenvalue weighted by molar-refractivity contribution is 0.167. The lowest BCUT2D eigenvalue weighted by atomic mass is 10.3. The molecule has 0 spiro atoms. The van der Waals surface area contributed by atoms with Gasteiger partial charge in [0.15, 0.2) is 0 Å². The highest BCUT2D eigenvalue weighted by Crippen LogP contribution is 2.10. The number of rotatable bonds is 4. The van der Waals surface area contributed by atoms with Crippen LogP contribution in [0.1, 0.15) is 0 Å². The molecule has 1 unspecified atom stereocenters. The Bertz CT molecular complexity index is 234. The summed E-state index contributed by atoms with van der Waals surface area (Å²) in [5, 5.41) is 0. The predicted molar refractivity (Wildman–Crippen MR) is 45.8 cm³/mol. The van der Waals surface area contributed by atoms with Crippen molar-refractivity contribution < 1.29 is 9.57 Å². The fraction of sp³-hybridized carbons (Fsp3) is 0.333. The van der Waals surface area contributed by atoms with Crippen molar-refractivity contribution in [3.8, 4) is 0 Å². The molecule has 1 saturated heterocycles. The first kappa shape index (κ1) is 7.58. The molecule has 0 aliphatic carbocycles. The van der Waals surface area contributed by atoms with Crippen molar-refractivity contribution in [3.05, 3.63) is 30.3 Å². The summed E-state index contributed by atoms with van der Waals surface area (Å²) in [5.41, 5.74) is 3.81. The van der Waals surface area contributed by atoms with Crippen LogP contribution in [-0.2, 0) is 9.57 Å². The summed E-state index contributed by atoms with van der Waals surface area (Å²) < 4.78 is 4.98. The van der Waals surface area contributed by atoms with Gasteiger partial charge in [0.25, 0.3) is 0 Å². The molecule has 0 saturated carbocycles. The zero-order valence-corrected chi connectivity index (χ0v) is 6.69. The molecular weight excluding hydrogens is 154 g/mol. The first-order valence-corrected chi connectivity index (χ1v) is 3.99. The summed E-state index contributed by atoms with van der Waals surface area (Å²) >= 11 is 0. The highest BCUT2D eigenvalue weighted by atomic mass is 16.7. The van der Waals surface area contributed by atoms with E-state index >= 15 is 0 Å². The summed E-state index contributed by atoms with van der Waals surface area (Å²) in [6, 6.07) is 9.79. The van der Waals surface area contributed by atoms with Crippen LogP contribution in [0.25, 0.3) is 0 Å². The number of epoxide rings is 1. The summed E-state index contributed by atoms with van der Waals surface area (Å²) in [7, 11) is 0. The first-order valence-electron chi connectivity index (χ1n) is 3.99. The number of hydrogen-bond acceptors (Lipinski definition) is 3. The van der Waals surface area contributed by atoms with E-state index in [9.17, 15) is 0 Å². The lowest BCUT2D eigenvalue weighted by Crippen LogP contribution is -2.07. The summed E-state index contributed by atoms with van der Waals surface area (Å²) in [6.07, 6.45) is 0.307. The minimum absolute atomic E-state index is 0.307. The highest BCUT2D eigenvalue weighted by molar-refractivity contribution is 5.39. The first-order chi connectivity index (χ1) is 5.95. The van der Waals surface area contributed by atoms with Crippen molar-refractivity contribution in [2.45, 2.75) is 6.10 Å². The number of nitrogens with one attached hydrogen (secondary N) is 1. The Labute approximate surface area is 71.3 Å². The van der Waals surface area contributed by atoms with E-state index in [1.807, 2.05) is 30.3 Å². The molecule has 3 heteroatoms. The van der Waals surface area contributed by atoms with Gasteiger partial charge in [-0.25, -0.2) is 0 Å². The molecule has 3 nitrogen and oxygen atoms in total. The molecule has 1 aliphatic heterocycles. The Hall–Kier alpha value is -1.06. The van der Waals surface area contributed by atoms with Gasteiger partial charge in [0, 0.05) is 0 Å². The van der Waals surface area contributed by atoms with Crippen molar-refractivity contribution in [2.24, 2.45) is 0 Å². The van der Waals surface area contributed by atoms with Gasteiger partial charge in [0.1, 0.15) is 12.7 Å². The van der Waals surface area contributed by atoms with Crippen LogP contribution in [0.15, 0.2) is 30.3 Å². The standard InChI is InChI=1S/C9H11NO2/c1-2-4-8(5-3-1)10-12-7-9-6-11-9/h1-5,9-10H,6-7H2. The van der Waals surface area contributed by atoms with Crippen LogP contribution >= 0.6 is 0 Å². The van der Waals surface area contributed by atoms with E-state index in [2.05, 4.69) is 5.48 Å². The van der Waals surface area contributed by atoms with E-state index < -0.39 is 0 Å². The van der Waals surface area contributed by atoms with Crippen LogP contribution in [0.5, 0.6) is 0 Å². The van der Waals surface area contributed by atoms with Gasteiger partial charge in [-0.2, -0.15) is 0 Å². The third-order valence-corrected chi connectivity index (χ3v) is 1.64. The van der Waals surface area contributed by atoms with Crippen molar-refractivity contribution >= 4 is 5.69 Å². The molecule has 0 bridgehead atoms. The van der Waals surface area contributed by atoms with Crippen LogP contribution in [0.4, 0.5) is 5.69 Å². The molecular formula is C9H11NO2. The van der Waals surface area contributed by atoms with Gasteiger partial charge in [0.05, 0.1) is 12.3 Å². The van der Waals surface area contributed by atoms with Crippen LogP contribution in [0, 0.1) is 0 Å². The number of para-hydroxylation sites is 1. The molecule has 12 heavy (non-hydrogen) atoms. The molecule has 0 radical (unpaired) electrons. The summed E-state index contributed by atoms with van der Waals surface area (Å²) in [4.78, 5) is 5.17. The van der Waals surface area contributed by atoms with Crippen molar-refractivity contribution in [2.75, 3.05) is 18.7 Å². The van der Waals surface area contributed by atoms with Crippen LogP contribution in [-0.4, -0.2) is 19.3 Å². The molecule has 1 aromatic carbocycles. The second-order valence-corrected chi connectivity index (χ2v) is 2.73. The minimum Gasteiger partial charge on any atom is -0.371 e. The van der Waals surface area contributed by atoms with Gasteiger partial charge in [-0.3, -0.25) is 10.3 Å². The molecule has 64 valence electrons. The second-order valence-electron chi connectivity index (χ2n) is 2.73. The van der Waals surface area contributed by atoms with Crippen molar-refractivity contribution in [3.63, 3.8) is 0 Å². The maximum atomic E-state index is 5.17. The number of benzene rings is 1. The fourth-order valence-corrected chi connectivity index (χ4v) is 0.888. The number of hydrogen-bond donors (Lipinski definition) is 1. The van der Waals surface area contributed by atoms with Gasteiger partial charge in [-0.1, -0.05) is 18.2 Å². The molecule has 1 N–H and O–H groups in total. The number of anilines is 1. The van der Waals surface area contributed by atoms with Crippen LogP contribution < -0.4 is 5.48 Å². The van der Waals surface area contributed by atoms with Gasteiger partial charge in [0.2, 0.25) is 0 Å². The Kier molecular flexibility index (Phi) is 2.25. The smallest absolute Gasteiger partial charge is 0.107 e. The minimum atomic E-state index is 0.307. The van der Waals surface area contributed by atoms with Crippen LogP contribution in [0.2, 0.25) is 0 Å². The van der Waals surface area contributed by atoms with E-state index in [4.69, 9.17) is 9.57 Å². The maximum Gasteiger partial charge on any atom is 0.107 e. The van der Waals surface area contributed by atoms with E-state index in [-0.39, 0.29) is 0 Å². The number of ether oxygens (including phenoxy) is 1. The van der Waals surface area contributed by atoms with Crippen molar-refractivity contribution in [1.29, 1.82) is 0 Å². The average molecular weight is 165 g/mol. The molecule has 0 amide bonds. The Balaban J connectivity index is 1.72. The molecule has 2 rings (SSSR count). The third-order valence-electron chi connectivity index (χ3n) is 1.64. The van der Waals surface area contributed by atoms with E-state index in [0.717, 1.165) is 12.3 Å². The molecule has 1 heterocycles. The monoisotopic (exact) mass is 165 g/mol. The molecule has 0 aromatic heterocycles. The third kappa shape index (κ3) is 2.22. The zero-order chi connectivity index (χ0) is 8.23. The Morgan fingerprint density at radius 1 is 1.42 bits per heavy atom. The van der Waals surface area contributed by atoms with Gasteiger partial charge in [-0.05, 0) is 12.1 Å². The average Bonchev–Trinajstić information content (AvgIpc) is 2.90. The second kappa shape index (κ2) is 3.56. The molecule has 1 atom stereocenters. The lowest BCUT2D eigenvalue weighted by Gasteiger charge is -2.03. The van der Waals surface area contributed by atoms with Gasteiger partial charge in [-0.15, -0.1) is 0 Å².